The van der Waals surface area contributed by atoms with E-state index in [0.29, 0.717) is 5.76 Å². The molecule has 0 radical (unpaired) electrons. The van der Waals surface area contributed by atoms with Gasteiger partial charge in [0, 0.05) is 12.2 Å². The Labute approximate surface area is 65.4 Å². The molecule has 0 spiro atoms. The van der Waals surface area contributed by atoms with E-state index < -0.39 is 0 Å². The quantitative estimate of drug-likeness (QED) is 0.524. The van der Waals surface area contributed by atoms with Gasteiger partial charge in [-0.1, -0.05) is 0 Å². The lowest BCUT2D eigenvalue weighted by molar-refractivity contribution is 0.396. The molecule has 0 fully saturated rings. The van der Waals surface area contributed by atoms with E-state index in [-0.39, 0.29) is 0 Å². The second kappa shape index (κ2) is 2.26. The van der Waals surface area contributed by atoms with Crippen molar-refractivity contribution < 1.29 is 5.11 Å². The monoisotopic (exact) mass is 146 g/mol. The van der Waals surface area contributed by atoms with E-state index in [1.807, 2.05) is 23.1 Å². The van der Waals surface area contributed by atoms with E-state index in [2.05, 4.69) is 6.08 Å². The maximum Gasteiger partial charge on any atom is 0.209 e. The van der Waals surface area contributed by atoms with E-state index in [0.717, 1.165) is 12.2 Å². The number of rotatable bonds is 0. The molecule has 2 nitrogen and oxygen atoms in total. The van der Waals surface area contributed by atoms with E-state index in [1.165, 1.54) is 0 Å². The lowest BCUT2D eigenvalue weighted by Crippen LogP contribution is -2.20. The van der Waals surface area contributed by atoms with Crippen molar-refractivity contribution in [3.8, 4) is 0 Å². The number of nitrogens with zero attached hydrogens (tertiary/aromatic N) is 1. The SMILES string of the molecule is OC1=CN2CC=C[C+]=C2C=C1. The number of fused-ring (bicyclic) bond motifs is 1. The fourth-order valence-corrected chi connectivity index (χ4v) is 1.12. The smallest absolute Gasteiger partial charge is 0.209 e. The van der Waals surface area contributed by atoms with Gasteiger partial charge in [0.15, 0.2) is 0 Å². The fourth-order valence-electron chi connectivity index (χ4n) is 1.12. The van der Waals surface area contributed by atoms with Crippen molar-refractivity contribution in [1.82, 2.24) is 4.90 Å². The van der Waals surface area contributed by atoms with E-state index in [1.54, 1.807) is 12.3 Å². The van der Waals surface area contributed by atoms with Gasteiger partial charge in [-0.15, -0.1) is 0 Å². The van der Waals surface area contributed by atoms with Gasteiger partial charge in [-0.05, 0) is 0 Å². The minimum Gasteiger partial charge on any atom is -0.505 e. The largest absolute Gasteiger partial charge is 0.505 e. The molecule has 0 unspecified atom stereocenters. The maximum atomic E-state index is 9.12. The van der Waals surface area contributed by atoms with E-state index >= 15 is 0 Å². The third-order valence-electron chi connectivity index (χ3n) is 1.66. The molecule has 11 heavy (non-hydrogen) atoms. The molecule has 0 saturated heterocycles. The molecular weight excluding hydrogens is 138 g/mol. The normalized spacial score (nSPS) is 20.2. The van der Waals surface area contributed by atoms with Gasteiger partial charge in [0.05, 0.1) is 24.9 Å². The van der Waals surface area contributed by atoms with Crippen LogP contribution in [0.3, 0.4) is 0 Å². The van der Waals surface area contributed by atoms with Crippen LogP contribution in [0, 0.1) is 6.08 Å². The first kappa shape index (κ1) is 6.20. The number of allylic oxidation sites excluding steroid dienone is 4. The minimum atomic E-state index is 0.297. The highest BCUT2D eigenvalue weighted by Crippen LogP contribution is 2.17. The molecule has 1 N–H and O–H groups in total. The van der Waals surface area contributed by atoms with Crippen LogP contribution in [-0.2, 0) is 0 Å². The van der Waals surface area contributed by atoms with Crippen LogP contribution in [0.2, 0.25) is 0 Å². The standard InChI is InChI=1S/C9H7NO/c11-9-5-4-8-3-1-2-6-10(8)7-9/h1-2,4-5,7H,6H2/p+1. The zero-order valence-electron chi connectivity index (χ0n) is 5.99. The number of hydrogen-bond acceptors (Lipinski definition) is 2. The molecule has 0 aromatic carbocycles. The Bertz CT molecular complexity index is 284. The van der Waals surface area contributed by atoms with Gasteiger partial charge in [0.25, 0.3) is 0 Å². The predicted molar refractivity (Wildman–Crippen MR) is 42.5 cm³/mol. The molecule has 0 atom stereocenters. The van der Waals surface area contributed by atoms with Gasteiger partial charge >= 0.3 is 0 Å². The summed E-state index contributed by atoms with van der Waals surface area (Å²) in [7, 11) is 0. The van der Waals surface area contributed by atoms with Gasteiger partial charge in [0.2, 0.25) is 5.70 Å². The Hall–Kier alpha value is -1.53. The summed E-state index contributed by atoms with van der Waals surface area (Å²) in [4.78, 5) is 1.94. The summed E-state index contributed by atoms with van der Waals surface area (Å²) in [6.07, 6.45) is 12.2. The number of hydrogen-bond donors (Lipinski definition) is 1. The Kier molecular flexibility index (Phi) is 1.27. The van der Waals surface area contributed by atoms with Crippen molar-refractivity contribution in [1.29, 1.82) is 0 Å². The first-order valence-corrected chi connectivity index (χ1v) is 3.50. The first-order valence-electron chi connectivity index (χ1n) is 3.50. The summed E-state index contributed by atoms with van der Waals surface area (Å²) < 4.78 is 0. The molecule has 2 heterocycles. The van der Waals surface area contributed by atoms with Crippen LogP contribution in [0.5, 0.6) is 0 Å². The van der Waals surface area contributed by atoms with Gasteiger partial charge in [0.1, 0.15) is 11.8 Å². The molecule has 0 aliphatic carbocycles. The summed E-state index contributed by atoms with van der Waals surface area (Å²) in [6, 6.07) is 0. The second-order valence-corrected chi connectivity index (χ2v) is 2.47. The second-order valence-electron chi connectivity index (χ2n) is 2.47. The Morgan fingerprint density at radius 3 is 3.27 bits per heavy atom. The van der Waals surface area contributed by atoms with Crippen LogP contribution in [0.25, 0.3) is 0 Å². The molecule has 2 rings (SSSR count). The Morgan fingerprint density at radius 1 is 1.45 bits per heavy atom. The molecular formula is C9H8NO+. The molecule has 0 bridgehead atoms. The third-order valence-corrected chi connectivity index (χ3v) is 1.66. The van der Waals surface area contributed by atoms with Crippen LogP contribution in [0.1, 0.15) is 0 Å². The third kappa shape index (κ3) is 1.04. The topological polar surface area (TPSA) is 23.5 Å². The molecule has 0 aromatic heterocycles. The van der Waals surface area contributed by atoms with Crippen molar-refractivity contribution in [2.24, 2.45) is 0 Å². The van der Waals surface area contributed by atoms with Crippen molar-refractivity contribution in [3.63, 3.8) is 0 Å². The lowest BCUT2D eigenvalue weighted by Gasteiger charge is -2.17. The van der Waals surface area contributed by atoms with Crippen molar-refractivity contribution >= 4 is 0 Å². The summed E-state index contributed by atoms with van der Waals surface area (Å²) in [5, 5.41) is 9.12. The van der Waals surface area contributed by atoms with E-state index in [9.17, 15) is 0 Å². The maximum absolute atomic E-state index is 9.12. The van der Waals surface area contributed by atoms with Gasteiger partial charge in [-0.25, -0.2) is 0 Å². The van der Waals surface area contributed by atoms with Gasteiger partial charge < -0.3 is 5.11 Å². The molecule has 2 aliphatic rings. The Morgan fingerprint density at radius 2 is 2.36 bits per heavy atom. The molecule has 0 aromatic rings. The van der Waals surface area contributed by atoms with Gasteiger partial charge in [-0.3, -0.25) is 4.90 Å². The van der Waals surface area contributed by atoms with Crippen LogP contribution in [-0.4, -0.2) is 16.6 Å². The van der Waals surface area contributed by atoms with Crippen LogP contribution in [0.15, 0.2) is 42.0 Å². The molecule has 0 amide bonds. The van der Waals surface area contributed by atoms with Crippen LogP contribution >= 0.6 is 0 Å². The average molecular weight is 146 g/mol. The van der Waals surface area contributed by atoms with Crippen molar-refractivity contribution in [3.05, 3.63) is 48.0 Å². The number of aliphatic hydroxyl groups is 1. The highest BCUT2D eigenvalue weighted by atomic mass is 16.3. The molecule has 2 aliphatic heterocycles. The van der Waals surface area contributed by atoms with Crippen LogP contribution < -0.4 is 0 Å². The number of aliphatic hydroxyl groups excluding tert-OH is 1. The Balaban J connectivity index is 2.33. The summed E-state index contributed by atoms with van der Waals surface area (Å²) in [5.74, 6) is 0.297. The zero-order chi connectivity index (χ0) is 7.68. The molecule has 54 valence electrons. The van der Waals surface area contributed by atoms with Gasteiger partial charge in [-0.2, -0.15) is 0 Å². The zero-order valence-corrected chi connectivity index (χ0v) is 5.99. The fraction of sp³-hybridized carbons (Fsp3) is 0.111. The lowest BCUT2D eigenvalue weighted by atomic mass is 10.2. The predicted octanol–water partition coefficient (Wildman–Crippen LogP) is 1.51. The van der Waals surface area contributed by atoms with E-state index in [4.69, 9.17) is 5.11 Å². The summed E-state index contributed by atoms with van der Waals surface area (Å²) in [5.41, 5.74) is 1.00. The van der Waals surface area contributed by atoms with Crippen molar-refractivity contribution in [2.45, 2.75) is 0 Å². The highest BCUT2D eigenvalue weighted by Gasteiger charge is 2.17. The minimum absolute atomic E-state index is 0.297. The average Bonchev–Trinajstić information content (AvgIpc) is 2.04. The molecule has 0 saturated carbocycles. The van der Waals surface area contributed by atoms with Crippen LogP contribution in [0.4, 0.5) is 0 Å². The first-order chi connectivity index (χ1) is 5.36. The summed E-state index contributed by atoms with van der Waals surface area (Å²) >= 11 is 0. The molecule has 2 heteroatoms. The highest BCUT2D eigenvalue weighted by molar-refractivity contribution is 5.33. The summed E-state index contributed by atoms with van der Waals surface area (Å²) in [6.45, 7) is 0.816. The van der Waals surface area contributed by atoms with Crippen molar-refractivity contribution in [2.75, 3.05) is 6.54 Å².